The molecule has 1 fully saturated rings. The Labute approximate surface area is 110 Å². The molecule has 1 heterocycles. The van der Waals surface area contributed by atoms with Gasteiger partial charge in [0.15, 0.2) is 0 Å². The highest BCUT2D eigenvalue weighted by Crippen LogP contribution is 2.24. The van der Waals surface area contributed by atoms with Crippen LogP contribution in [0, 0.1) is 11.7 Å². The van der Waals surface area contributed by atoms with Crippen molar-refractivity contribution < 1.29 is 14.3 Å². The average molecular weight is 272 g/mol. The number of hydrogen-bond acceptors (Lipinski definition) is 2. The van der Waals surface area contributed by atoms with Gasteiger partial charge in [-0.05, 0) is 24.5 Å². The number of hydrogen-bond donors (Lipinski definition) is 1. The van der Waals surface area contributed by atoms with Crippen LogP contribution in [0.4, 0.5) is 4.39 Å². The Bertz CT molecular complexity index is 466. The summed E-state index contributed by atoms with van der Waals surface area (Å²) in [5.41, 5.74) is 0.181. The van der Waals surface area contributed by atoms with E-state index in [1.165, 1.54) is 18.2 Å². The molecular formula is C13H15ClFNO2. The lowest BCUT2D eigenvalue weighted by atomic mass is 9.96. The predicted octanol–water partition coefficient (Wildman–Crippen LogP) is 2.32. The zero-order valence-electron chi connectivity index (χ0n) is 10.1. The van der Waals surface area contributed by atoms with Crippen molar-refractivity contribution in [2.45, 2.75) is 19.4 Å². The van der Waals surface area contributed by atoms with Crippen LogP contribution in [0.1, 0.15) is 23.7 Å². The third kappa shape index (κ3) is 2.49. The van der Waals surface area contributed by atoms with E-state index in [-0.39, 0.29) is 28.5 Å². The molecule has 98 valence electrons. The molecule has 0 spiro atoms. The first kappa shape index (κ1) is 13.3. The number of aliphatic hydroxyl groups is 1. The van der Waals surface area contributed by atoms with Gasteiger partial charge in [-0.15, -0.1) is 0 Å². The number of carbonyl (C=O) groups excluding carboxylic acids is 1. The fraction of sp³-hybridized carbons (Fsp3) is 0.462. The highest BCUT2D eigenvalue weighted by Gasteiger charge is 2.28. The molecule has 1 aromatic carbocycles. The maximum atomic E-state index is 13.3. The molecule has 0 aromatic heterocycles. The van der Waals surface area contributed by atoms with Crippen LogP contribution >= 0.6 is 11.6 Å². The lowest BCUT2D eigenvalue weighted by Gasteiger charge is -2.34. The number of amides is 1. The molecule has 2 rings (SSSR count). The molecule has 1 aliphatic heterocycles. The lowest BCUT2D eigenvalue weighted by molar-refractivity contribution is 0.0297. The summed E-state index contributed by atoms with van der Waals surface area (Å²) in [6.07, 6.45) is 0.164. The van der Waals surface area contributed by atoms with E-state index in [0.29, 0.717) is 19.5 Å². The van der Waals surface area contributed by atoms with Crippen molar-refractivity contribution in [2.24, 2.45) is 5.92 Å². The molecule has 1 N–H and O–H groups in total. The van der Waals surface area contributed by atoms with Crippen LogP contribution < -0.4 is 0 Å². The smallest absolute Gasteiger partial charge is 0.255 e. The Kier molecular flexibility index (Phi) is 3.88. The van der Waals surface area contributed by atoms with Crippen LogP contribution in [0.3, 0.4) is 0 Å². The normalized spacial score (nSPS) is 24.1. The van der Waals surface area contributed by atoms with Crippen molar-refractivity contribution in [3.8, 4) is 0 Å². The van der Waals surface area contributed by atoms with Crippen LogP contribution in [0.25, 0.3) is 0 Å². The Balaban J connectivity index is 2.19. The van der Waals surface area contributed by atoms with Crippen molar-refractivity contribution in [3.05, 3.63) is 34.6 Å². The van der Waals surface area contributed by atoms with Gasteiger partial charge in [0.2, 0.25) is 0 Å². The first-order valence-corrected chi connectivity index (χ1v) is 6.30. The minimum Gasteiger partial charge on any atom is -0.393 e. The number of halogens is 2. The van der Waals surface area contributed by atoms with Crippen molar-refractivity contribution >= 4 is 17.5 Å². The molecule has 2 atom stereocenters. The van der Waals surface area contributed by atoms with Crippen LogP contribution in [0.5, 0.6) is 0 Å². The summed E-state index contributed by atoms with van der Waals surface area (Å²) in [7, 11) is 0. The number of benzene rings is 1. The number of aliphatic hydroxyl groups excluding tert-OH is 1. The van der Waals surface area contributed by atoms with Crippen LogP contribution in [-0.2, 0) is 0 Å². The van der Waals surface area contributed by atoms with Gasteiger partial charge in [-0.25, -0.2) is 4.39 Å². The molecule has 3 nitrogen and oxygen atoms in total. The molecule has 0 aliphatic carbocycles. The molecule has 5 heteroatoms. The molecule has 1 aliphatic rings. The summed E-state index contributed by atoms with van der Waals surface area (Å²) in [5.74, 6) is -0.846. The van der Waals surface area contributed by atoms with Gasteiger partial charge in [0.1, 0.15) is 5.82 Å². The summed E-state index contributed by atoms with van der Waals surface area (Å²) < 4.78 is 13.3. The Hall–Kier alpha value is -1.13. The predicted molar refractivity (Wildman–Crippen MR) is 67.1 cm³/mol. The third-order valence-corrected chi connectivity index (χ3v) is 3.71. The molecule has 0 radical (unpaired) electrons. The summed E-state index contributed by atoms with van der Waals surface area (Å²) in [5, 5.41) is 9.48. The minimum atomic E-state index is -0.590. The van der Waals surface area contributed by atoms with E-state index in [9.17, 15) is 14.3 Å². The molecule has 1 saturated heterocycles. The van der Waals surface area contributed by atoms with Crippen molar-refractivity contribution in [1.29, 1.82) is 0 Å². The highest BCUT2D eigenvalue weighted by atomic mass is 35.5. The largest absolute Gasteiger partial charge is 0.393 e. The maximum absolute atomic E-state index is 13.3. The first-order valence-electron chi connectivity index (χ1n) is 5.92. The molecule has 18 heavy (non-hydrogen) atoms. The van der Waals surface area contributed by atoms with E-state index < -0.39 is 5.82 Å². The van der Waals surface area contributed by atoms with E-state index in [0.717, 1.165) is 0 Å². The Morgan fingerprint density at radius 1 is 1.56 bits per heavy atom. The van der Waals surface area contributed by atoms with Gasteiger partial charge < -0.3 is 10.0 Å². The number of piperidine rings is 1. The second-order valence-electron chi connectivity index (χ2n) is 4.69. The summed E-state index contributed by atoms with van der Waals surface area (Å²) in [6, 6.07) is 4.21. The number of carbonyl (C=O) groups is 1. The second kappa shape index (κ2) is 5.24. The summed E-state index contributed by atoms with van der Waals surface area (Å²) in [4.78, 5) is 13.8. The average Bonchev–Trinajstić information content (AvgIpc) is 2.35. The van der Waals surface area contributed by atoms with E-state index in [1.54, 1.807) is 4.90 Å². The molecule has 0 saturated carbocycles. The number of likely N-dealkylation sites (tertiary alicyclic amines) is 1. The van der Waals surface area contributed by atoms with Gasteiger partial charge in [-0.1, -0.05) is 24.6 Å². The maximum Gasteiger partial charge on any atom is 0.255 e. The Morgan fingerprint density at radius 2 is 2.28 bits per heavy atom. The minimum absolute atomic E-state index is 0.0232. The second-order valence-corrected chi connectivity index (χ2v) is 5.06. The van der Waals surface area contributed by atoms with E-state index in [1.807, 2.05) is 6.92 Å². The monoisotopic (exact) mass is 271 g/mol. The first-order chi connectivity index (χ1) is 8.50. The van der Waals surface area contributed by atoms with E-state index in [2.05, 4.69) is 0 Å². The van der Waals surface area contributed by atoms with Gasteiger partial charge in [0.05, 0.1) is 16.7 Å². The zero-order valence-corrected chi connectivity index (χ0v) is 10.8. The lowest BCUT2D eigenvalue weighted by Crippen LogP contribution is -2.45. The molecule has 2 unspecified atom stereocenters. The molecule has 1 amide bonds. The molecular weight excluding hydrogens is 257 g/mol. The third-order valence-electron chi connectivity index (χ3n) is 3.33. The van der Waals surface area contributed by atoms with Crippen molar-refractivity contribution in [1.82, 2.24) is 4.90 Å². The number of nitrogens with zero attached hydrogens (tertiary/aromatic N) is 1. The summed E-state index contributed by atoms with van der Waals surface area (Å²) in [6.45, 7) is 2.82. The molecule has 0 bridgehead atoms. The van der Waals surface area contributed by atoms with Gasteiger partial charge in [-0.3, -0.25) is 4.79 Å². The van der Waals surface area contributed by atoms with Gasteiger partial charge in [0, 0.05) is 13.1 Å². The topological polar surface area (TPSA) is 40.5 Å². The standard InChI is InChI=1S/C13H15ClFNO2/c1-8-7-16(6-5-11(8)17)13(18)9-3-2-4-10(15)12(9)14/h2-4,8,11,17H,5-7H2,1H3. The van der Waals surface area contributed by atoms with Crippen LogP contribution in [-0.4, -0.2) is 35.1 Å². The van der Waals surface area contributed by atoms with Gasteiger partial charge in [0.25, 0.3) is 5.91 Å². The zero-order chi connectivity index (χ0) is 13.3. The van der Waals surface area contributed by atoms with Crippen molar-refractivity contribution in [2.75, 3.05) is 13.1 Å². The van der Waals surface area contributed by atoms with Crippen molar-refractivity contribution in [3.63, 3.8) is 0 Å². The highest BCUT2D eigenvalue weighted by molar-refractivity contribution is 6.34. The SMILES string of the molecule is CC1CN(C(=O)c2cccc(F)c2Cl)CCC1O. The summed E-state index contributed by atoms with van der Waals surface area (Å²) >= 11 is 5.80. The van der Waals surface area contributed by atoms with E-state index >= 15 is 0 Å². The quantitative estimate of drug-likeness (QED) is 0.852. The van der Waals surface area contributed by atoms with Gasteiger partial charge >= 0.3 is 0 Å². The van der Waals surface area contributed by atoms with Crippen LogP contribution in [0.15, 0.2) is 18.2 Å². The fourth-order valence-corrected chi connectivity index (χ4v) is 2.36. The number of rotatable bonds is 1. The van der Waals surface area contributed by atoms with E-state index in [4.69, 9.17) is 11.6 Å². The molecule has 1 aromatic rings. The van der Waals surface area contributed by atoms with Gasteiger partial charge in [-0.2, -0.15) is 0 Å². The van der Waals surface area contributed by atoms with Crippen LogP contribution in [0.2, 0.25) is 5.02 Å². The fourth-order valence-electron chi connectivity index (χ4n) is 2.16. The Morgan fingerprint density at radius 3 is 2.94 bits per heavy atom.